The van der Waals surface area contributed by atoms with E-state index in [9.17, 15) is 0 Å². The molecule has 3 rings (SSSR count). The van der Waals surface area contributed by atoms with Crippen molar-refractivity contribution in [1.82, 2.24) is 9.97 Å². The first-order valence-corrected chi connectivity index (χ1v) is 11.1. The van der Waals surface area contributed by atoms with Crippen LogP contribution in [-0.2, 0) is 10.8 Å². The molecule has 0 spiro atoms. The average molecular weight is 427 g/mol. The first kappa shape index (κ1) is 23.5. The van der Waals surface area contributed by atoms with Crippen LogP contribution >= 0.6 is 0 Å². The summed E-state index contributed by atoms with van der Waals surface area (Å²) in [5.74, 6) is 0.616. The van der Waals surface area contributed by atoms with Crippen molar-refractivity contribution in [1.29, 1.82) is 0 Å². The number of aliphatic imine (C=N–C) groups is 2. The van der Waals surface area contributed by atoms with Crippen molar-refractivity contribution in [3.05, 3.63) is 83.4 Å². The lowest BCUT2D eigenvalue weighted by atomic mass is 9.86. The third-order valence-electron chi connectivity index (χ3n) is 5.35. The zero-order valence-corrected chi connectivity index (χ0v) is 20.6. The lowest BCUT2D eigenvalue weighted by molar-refractivity contribution is 0.591. The second-order valence-corrected chi connectivity index (χ2v) is 10.2. The molecule has 0 amide bonds. The fourth-order valence-electron chi connectivity index (χ4n) is 3.61. The minimum absolute atomic E-state index is 0.00672. The average Bonchev–Trinajstić information content (AvgIpc) is 2.73. The van der Waals surface area contributed by atoms with Crippen LogP contribution in [0.5, 0.6) is 0 Å². The Labute approximate surface area is 192 Å². The number of para-hydroxylation sites is 2. The van der Waals surface area contributed by atoms with Gasteiger partial charge in [-0.05, 0) is 54.0 Å². The Morgan fingerprint density at radius 2 is 1.12 bits per heavy atom. The van der Waals surface area contributed by atoms with E-state index in [1.807, 2.05) is 38.1 Å². The van der Waals surface area contributed by atoms with Gasteiger partial charge in [0.1, 0.15) is 0 Å². The van der Waals surface area contributed by atoms with Crippen molar-refractivity contribution < 1.29 is 0 Å². The summed E-state index contributed by atoms with van der Waals surface area (Å²) in [4.78, 5) is 19.0. The monoisotopic (exact) mass is 426 g/mol. The van der Waals surface area contributed by atoms with Gasteiger partial charge >= 0.3 is 0 Å². The summed E-state index contributed by atoms with van der Waals surface area (Å²) in [6.07, 6.45) is 1.78. The first-order chi connectivity index (χ1) is 15.0. The fourth-order valence-corrected chi connectivity index (χ4v) is 3.61. The second-order valence-electron chi connectivity index (χ2n) is 10.2. The summed E-state index contributed by atoms with van der Waals surface area (Å²) < 4.78 is 0. The zero-order valence-electron chi connectivity index (χ0n) is 20.6. The molecule has 32 heavy (non-hydrogen) atoms. The molecule has 0 atom stereocenters. The number of aromatic nitrogens is 2. The van der Waals surface area contributed by atoms with Crippen LogP contribution in [0.2, 0.25) is 0 Å². The van der Waals surface area contributed by atoms with Gasteiger partial charge in [-0.3, -0.25) is 4.99 Å². The fraction of sp³-hybridized carbons (Fsp3) is 0.357. The summed E-state index contributed by atoms with van der Waals surface area (Å²) in [5.41, 5.74) is 6.81. The summed E-state index contributed by atoms with van der Waals surface area (Å²) in [7, 11) is 0. The Kier molecular flexibility index (Phi) is 6.73. The van der Waals surface area contributed by atoms with Crippen LogP contribution in [0.4, 0.5) is 11.4 Å². The quantitative estimate of drug-likeness (QED) is 0.409. The SMILES string of the molecule is CC(=Nc1ccccc1C(C)(C)C)c1ccnc(C(C)=Nc2ccccc2C(C)(C)C)n1. The van der Waals surface area contributed by atoms with Crippen molar-refractivity contribution in [3.63, 3.8) is 0 Å². The summed E-state index contributed by atoms with van der Waals surface area (Å²) in [6.45, 7) is 17.2. The van der Waals surface area contributed by atoms with E-state index in [2.05, 4.69) is 76.9 Å². The molecule has 0 bridgehead atoms. The molecule has 2 aromatic carbocycles. The van der Waals surface area contributed by atoms with E-state index in [1.54, 1.807) is 6.20 Å². The smallest absolute Gasteiger partial charge is 0.174 e. The van der Waals surface area contributed by atoms with Gasteiger partial charge in [0.25, 0.3) is 0 Å². The second kappa shape index (κ2) is 9.15. The molecule has 1 aromatic heterocycles. The molecule has 1 heterocycles. The van der Waals surface area contributed by atoms with Crippen molar-refractivity contribution in [2.24, 2.45) is 9.98 Å². The van der Waals surface area contributed by atoms with Gasteiger partial charge in [0.15, 0.2) is 5.82 Å². The Bertz CT molecular complexity index is 1070. The normalized spacial score (nSPS) is 13.4. The Morgan fingerprint density at radius 1 is 0.656 bits per heavy atom. The van der Waals surface area contributed by atoms with Gasteiger partial charge in [-0.2, -0.15) is 0 Å². The largest absolute Gasteiger partial charge is 0.251 e. The van der Waals surface area contributed by atoms with Gasteiger partial charge in [-0.25, -0.2) is 15.0 Å². The van der Waals surface area contributed by atoms with E-state index >= 15 is 0 Å². The van der Waals surface area contributed by atoms with E-state index in [0.717, 1.165) is 28.5 Å². The molecule has 0 aliphatic rings. The molecule has 4 nitrogen and oxygen atoms in total. The number of hydrogen-bond acceptors (Lipinski definition) is 4. The van der Waals surface area contributed by atoms with Gasteiger partial charge in [-0.15, -0.1) is 0 Å². The van der Waals surface area contributed by atoms with Crippen molar-refractivity contribution in [2.45, 2.75) is 66.2 Å². The molecular formula is C28H34N4. The van der Waals surface area contributed by atoms with E-state index in [1.165, 1.54) is 11.1 Å². The third kappa shape index (κ3) is 5.56. The van der Waals surface area contributed by atoms with Gasteiger partial charge in [0.2, 0.25) is 0 Å². The lowest BCUT2D eigenvalue weighted by Crippen LogP contribution is -2.12. The first-order valence-electron chi connectivity index (χ1n) is 11.1. The Balaban J connectivity index is 1.98. The minimum atomic E-state index is 0.00672. The highest BCUT2D eigenvalue weighted by Crippen LogP contribution is 2.32. The minimum Gasteiger partial charge on any atom is -0.251 e. The predicted octanol–water partition coefficient (Wildman–Crippen LogP) is 7.35. The highest BCUT2D eigenvalue weighted by atomic mass is 14.9. The van der Waals surface area contributed by atoms with Gasteiger partial charge in [-0.1, -0.05) is 77.9 Å². The van der Waals surface area contributed by atoms with Gasteiger partial charge in [0, 0.05) is 6.20 Å². The van der Waals surface area contributed by atoms with Crippen LogP contribution < -0.4 is 0 Å². The summed E-state index contributed by atoms with van der Waals surface area (Å²) >= 11 is 0. The third-order valence-corrected chi connectivity index (χ3v) is 5.35. The summed E-state index contributed by atoms with van der Waals surface area (Å²) in [5, 5.41) is 0. The van der Waals surface area contributed by atoms with E-state index < -0.39 is 0 Å². The van der Waals surface area contributed by atoms with E-state index in [-0.39, 0.29) is 10.8 Å². The zero-order chi connectivity index (χ0) is 23.5. The lowest BCUT2D eigenvalue weighted by Gasteiger charge is -2.21. The molecule has 0 aliphatic heterocycles. The van der Waals surface area contributed by atoms with Crippen LogP contribution in [-0.4, -0.2) is 21.4 Å². The molecule has 4 heteroatoms. The Hall–Kier alpha value is -3.14. The highest BCUT2D eigenvalue weighted by Gasteiger charge is 2.19. The number of hydrogen-bond donors (Lipinski definition) is 0. The highest BCUT2D eigenvalue weighted by molar-refractivity contribution is 6.01. The standard InChI is InChI=1S/C28H34N4/c1-19(30-24-15-11-9-13-21(24)27(3,4)5)23-17-18-29-26(32-23)20(2)31-25-16-12-10-14-22(25)28(6,7)8/h9-18H,1-8H3. The van der Waals surface area contributed by atoms with Crippen molar-refractivity contribution >= 4 is 22.8 Å². The molecular weight excluding hydrogens is 392 g/mol. The molecule has 0 aliphatic carbocycles. The van der Waals surface area contributed by atoms with Gasteiger partial charge in [0.05, 0.1) is 28.5 Å². The molecule has 0 saturated carbocycles. The van der Waals surface area contributed by atoms with E-state index in [0.29, 0.717) is 5.82 Å². The molecule has 0 N–H and O–H groups in total. The number of benzene rings is 2. The van der Waals surface area contributed by atoms with Gasteiger partial charge < -0.3 is 0 Å². The topological polar surface area (TPSA) is 50.5 Å². The van der Waals surface area contributed by atoms with Crippen molar-refractivity contribution in [3.8, 4) is 0 Å². The van der Waals surface area contributed by atoms with Crippen LogP contribution in [0, 0.1) is 0 Å². The molecule has 0 unspecified atom stereocenters. The van der Waals surface area contributed by atoms with Crippen LogP contribution in [0.15, 0.2) is 70.8 Å². The van der Waals surface area contributed by atoms with Crippen LogP contribution in [0.25, 0.3) is 0 Å². The van der Waals surface area contributed by atoms with Crippen molar-refractivity contribution in [2.75, 3.05) is 0 Å². The summed E-state index contributed by atoms with van der Waals surface area (Å²) in [6, 6.07) is 18.4. The molecule has 0 radical (unpaired) electrons. The molecule has 166 valence electrons. The number of nitrogens with zero attached hydrogens (tertiary/aromatic N) is 4. The molecule has 0 fully saturated rings. The Morgan fingerprint density at radius 3 is 1.62 bits per heavy atom. The molecule has 3 aromatic rings. The van der Waals surface area contributed by atoms with E-state index in [4.69, 9.17) is 15.0 Å². The maximum Gasteiger partial charge on any atom is 0.174 e. The molecule has 0 saturated heterocycles. The predicted molar refractivity (Wildman–Crippen MR) is 136 cm³/mol. The maximum absolute atomic E-state index is 4.91. The van der Waals surface area contributed by atoms with Crippen LogP contribution in [0.3, 0.4) is 0 Å². The van der Waals surface area contributed by atoms with Crippen LogP contribution in [0.1, 0.15) is 78.0 Å². The maximum atomic E-state index is 4.91. The number of rotatable bonds is 4.